The van der Waals surface area contributed by atoms with Crippen molar-refractivity contribution in [2.24, 2.45) is 15.7 Å². The molecule has 0 bridgehead atoms. The van der Waals surface area contributed by atoms with Gasteiger partial charge in [-0.3, -0.25) is 9.98 Å². The van der Waals surface area contributed by atoms with Crippen molar-refractivity contribution >= 4 is 12.1 Å². The Bertz CT molecular complexity index is 1170. The molecule has 1 aromatic carbocycles. The fourth-order valence-electron chi connectivity index (χ4n) is 2.81. The molecule has 0 fully saturated rings. The first-order valence-electron chi connectivity index (χ1n) is 8.82. The monoisotopic (exact) mass is 392 g/mol. The second-order valence-electron chi connectivity index (χ2n) is 6.23. The van der Waals surface area contributed by atoms with Crippen LogP contribution < -0.4 is 11.4 Å². The smallest absolute Gasteiger partial charge is 0.327 e. The predicted molar refractivity (Wildman–Crippen MR) is 107 cm³/mol. The van der Waals surface area contributed by atoms with Crippen molar-refractivity contribution in [3.63, 3.8) is 0 Å². The summed E-state index contributed by atoms with van der Waals surface area (Å²) in [5, 5.41) is 3.97. The van der Waals surface area contributed by atoms with E-state index in [0.717, 1.165) is 15.8 Å². The largest absolute Gasteiger partial charge is 0.351 e. The van der Waals surface area contributed by atoms with E-state index in [1.54, 1.807) is 12.4 Å². The molecular weight excluding hydrogens is 375 g/mol. The number of hydrogen-bond acceptors (Lipinski definition) is 7. The van der Waals surface area contributed by atoms with Gasteiger partial charge >= 0.3 is 5.69 Å². The molecule has 0 unspecified atom stereocenters. The summed E-state index contributed by atoms with van der Waals surface area (Å²) < 4.78 is 15.1. The molecule has 4 rings (SSSR count). The van der Waals surface area contributed by atoms with E-state index >= 15 is 0 Å². The van der Waals surface area contributed by atoms with E-state index in [0.29, 0.717) is 30.2 Å². The van der Waals surface area contributed by atoms with Crippen molar-refractivity contribution in [1.29, 1.82) is 0 Å². The van der Waals surface area contributed by atoms with Crippen LogP contribution in [0.2, 0.25) is 0 Å². The molecule has 0 amide bonds. The number of nitrogens with two attached hydrogens (primary N) is 1. The van der Waals surface area contributed by atoms with Crippen LogP contribution in [-0.4, -0.2) is 49.5 Å². The second kappa shape index (κ2) is 8.07. The van der Waals surface area contributed by atoms with E-state index in [1.807, 2.05) is 24.3 Å². The van der Waals surface area contributed by atoms with Crippen molar-refractivity contribution in [2.75, 3.05) is 13.1 Å². The number of aromatic nitrogens is 5. The van der Waals surface area contributed by atoms with Gasteiger partial charge in [-0.25, -0.2) is 28.4 Å². The van der Waals surface area contributed by atoms with Crippen LogP contribution in [0, 0.1) is 0 Å². The number of rotatable bonds is 6. The topological polar surface area (TPSA) is 116 Å². The summed E-state index contributed by atoms with van der Waals surface area (Å²) in [6.45, 7) is 0.564. The van der Waals surface area contributed by atoms with Crippen LogP contribution in [-0.2, 0) is 6.54 Å². The second-order valence-corrected chi connectivity index (χ2v) is 6.23. The molecule has 0 saturated heterocycles. The Hall–Kier alpha value is -3.79. The Morgan fingerprint density at radius 3 is 2.79 bits per heavy atom. The molecule has 0 spiro atoms. The molecular formula is C19H17FN8O. The molecule has 29 heavy (non-hydrogen) atoms. The highest BCUT2D eigenvalue weighted by Crippen LogP contribution is 2.19. The van der Waals surface area contributed by atoms with Crippen molar-refractivity contribution < 1.29 is 4.39 Å². The highest BCUT2D eigenvalue weighted by atomic mass is 19.1. The Kier molecular flexibility index (Phi) is 5.16. The third kappa shape index (κ3) is 3.78. The summed E-state index contributed by atoms with van der Waals surface area (Å²) in [4.78, 5) is 29.8. The number of amidine groups is 1. The Balaban J connectivity index is 1.59. The molecule has 10 heteroatoms. The van der Waals surface area contributed by atoms with Crippen LogP contribution in [0.4, 0.5) is 4.39 Å². The van der Waals surface area contributed by atoms with E-state index in [2.05, 4.69) is 25.1 Å². The van der Waals surface area contributed by atoms with Gasteiger partial charge in [-0.2, -0.15) is 5.10 Å². The zero-order valence-electron chi connectivity index (χ0n) is 15.3. The van der Waals surface area contributed by atoms with E-state index in [1.165, 1.54) is 17.1 Å². The quantitative estimate of drug-likeness (QED) is 0.675. The van der Waals surface area contributed by atoms with Gasteiger partial charge in [-0.15, -0.1) is 0 Å². The SMILES string of the molecule is NC/C(=C\F)Cn1ncn(-c2cnc(-c3cccc(C4=NCC=N4)c3)cn2)c1=O. The van der Waals surface area contributed by atoms with Gasteiger partial charge in [0, 0.05) is 23.9 Å². The summed E-state index contributed by atoms with van der Waals surface area (Å²) >= 11 is 0. The predicted octanol–water partition coefficient (Wildman–Crippen LogP) is 1.13. The number of benzene rings is 1. The first-order chi connectivity index (χ1) is 14.2. The molecule has 0 saturated carbocycles. The maximum absolute atomic E-state index is 12.7. The van der Waals surface area contributed by atoms with Gasteiger partial charge in [-0.1, -0.05) is 18.2 Å². The van der Waals surface area contributed by atoms with Gasteiger partial charge in [0.15, 0.2) is 11.7 Å². The van der Waals surface area contributed by atoms with E-state index in [4.69, 9.17) is 5.73 Å². The Labute approximate surface area is 164 Å². The molecule has 3 heterocycles. The zero-order valence-corrected chi connectivity index (χ0v) is 15.3. The summed E-state index contributed by atoms with van der Waals surface area (Å²) in [7, 11) is 0. The van der Waals surface area contributed by atoms with Crippen LogP contribution in [0.15, 0.2) is 69.7 Å². The molecule has 1 aliphatic heterocycles. The van der Waals surface area contributed by atoms with Crippen molar-refractivity contribution in [3.8, 4) is 17.1 Å². The van der Waals surface area contributed by atoms with Crippen LogP contribution in [0.5, 0.6) is 0 Å². The first kappa shape index (κ1) is 18.6. The van der Waals surface area contributed by atoms with Crippen molar-refractivity contribution in [3.05, 3.63) is 70.9 Å². The minimum Gasteiger partial charge on any atom is -0.327 e. The van der Waals surface area contributed by atoms with E-state index in [-0.39, 0.29) is 18.7 Å². The maximum Gasteiger partial charge on any atom is 0.351 e. The van der Waals surface area contributed by atoms with Crippen LogP contribution in [0.3, 0.4) is 0 Å². The minimum atomic E-state index is -0.459. The molecule has 3 aromatic rings. The average molecular weight is 392 g/mol. The first-order valence-corrected chi connectivity index (χ1v) is 8.82. The summed E-state index contributed by atoms with van der Waals surface area (Å²) in [5.74, 6) is 0.999. The van der Waals surface area contributed by atoms with Crippen LogP contribution in [0.25, 0.3) is 17.1 Å². The highest BCUT2D eigenvalue weighted by molar-refractivity contribution is 6.06. The molecule has 0 radical (unpaired) electrons. The number of nitrogens with zero attached hydrogens (tertiary/aromatic N) is 7. The standard InChI is InChI=1S/C19H17FN8O/c20-7-13(8-21)11-28-19(29)27(12-26-28)17-10-24-16(9-25-17)14-2-1-3-15(6-14)18-22-4-5-23-18/h1-4,6-7,9-10,12H,5,8,11,21H2/b13-7+. The van der Waals surface area contributed by atoms with Gasteiger partial charge in [0.25, 0.3) is 0 Å². The fourth-order valence-corrected chi connectivity index (χ4v) is 2.81. The van der Waals surface area contributed by atoms with Gasteiger partial charge < -0.3 is 5.73 Å². The number of aliphatic imine (C=N–C) groups is 2. The van der Waals surface area contributed by atoms with Crippen molar-refractivity contribution in [2.45, 2.75) is 6.54 Å². The normalized spacial score (nSPS) is 13.7. The third-order valence-corrected chi connectivity index (χ3v) is 4.34. The van der Waals surface area contributed by atoms with Crippen molar-refractivity contribution in [1.82, 2.24) is 24.3 Å². The molecule has 2 aromatic heterocycles. The molecule has 146 valence electrons. The van der Waals surface area contributed by atoms with E-state index < -0.39 is 5.69 Å². The molecule has 1 aliphatic rings. The van der Waals surface area contributed by atoms with Crippen LogP contribution in [0.1, 0.15) is 5.56 Å². The molecule has 0 atom stereocenters. The maximum atomic E-state index is 12.7. The summed E-state index contributed by atoms with van der Waals surface area (Å²) in [6, 6.07) is 7.68. The Morgan fingerprint density at radius 2 is 2.10 bits per heavy atom. The highest BCUT2D eigenvalue weighted by Gasteiger charge is 2.11. The summed E-state index contributed by atoms with van der Waals surface area (Å²) in [5.41, 5.74) is 7.62. The molecule has 0 aliphatic carbocycles. The fraction of sp³-hybridized carbons (Fsp3) is 0.158. The third-order valence-electron chi connectivity index (χ3n) is 4.34. The summed E-state index contributed by atoms with van der Waals surface area (Å²) in [6.07, 6.45) is 6.51. The van der Waals surface area contributed by atoms with Crippen LogP contribution >= 0.6 is 0 Å². The van der Waals surface area contributed by atoms with Gasteiger partial charge in [-0.05, 0) is 11.6 Å². The lowest BCUT2D eigenvalue weighted by Gasteiger charge is -2.05. The lowest BCUT2D eigenvalue weighted by atomic mass is 10.1. The average Bonchev–Trinajstić information content (AvgIpc) is 3.43. The number of halogens is 1. The lowest BCUT2D eigenvalue weighted by Crippen LogP contribution is -2.26. The zero-order chi connectivity index (χ0) is 20.2. The van der Waals surface area contributed by atoms with Gasteiger partial charge in [0.2, 0.25) is 0 Å². The van der Waals surface area contributed by atoms with E-state index in [9.17, 15) is 9.18 Å². The number of hydrogen-bond donors (Lipinski definition) is 1. The lowest BCUT2D eigenvalue weighted by molar-refractivity contribution is 0.612. The molecule has 2 N–H and O–H groups in total. The molecule has 9 nitrogen and oxygen atoms in total. The van der Waals surface area contributed by atoms with Gasteiger partial charge in [0.1, 0.15) is 6.33 Å². The Morgan fingerprint density at radius 1 is 1.24 bits per heavy atom. The minimum absolute atomic E-state index is 0.00109. The van der Waals surface area contributed by atoms with Gasteiger partial charge in [0.05, 0.1) is 37.5 Å².